The minimum Gasteiger partial charge on any atom is -0.418 e. The molecule has 3 atom stereocenters. The van der Waals surface area contributed by atoms with Gasteiger partial charge in [-0.25, -0.2) is 4.39 Å². The van der Waals surface area contributed by atoms with Crippen molar-refractivity contribution in [1.29, 1.82) is 0 Å². The number of rotatable bonds is 6. The third-order valence-electron chi connectivity index (χ3n) is 7.33. The van der Waals surface area contributed by atoms with Crippen LogP contribution in [0.5, 0.6) is 0 Å². The van der Waals surface area contributed by atoms with Crippen LogP contribution >= 0.6 is 0 Å². The number of carbonyl (C=O) groups is 2. The van der Waals surface area contributed by atoms with Crippen LogP contribution in [-0.4, -0.2) is 52.2 Å². The van der Waals surface area contributed by atoms with E-state index in [4.69, 9.17) is 9.15 Å². The largest absolute Gasteiger partial charge is 0.418 e. The SMILES string of the molecule is CCC1(C(=O)N[C@@H]2CCCCC2N2Cc3ccc(-c4nnc(C(C)F)o4)cc3C2=O)COC1. The molecular weight excluding hydrogens is 427 g/mol. The fourth-order valence-electron chi connectivity index (χ4n) is 5.05. The molecule has 1 saturated heterocycles. The number of aromatic nitrogens is 2. The van der Waals surface area contributed by atoms with Gasteiger partial charge in [0.1, 0.15) is 0 Å². The zero-order chi connectivity index (χ0) is 23.2. The number of alkyl halides is 1. The molecule has 2 aliphatic heterocycles. The van der Waals surface area contributed by atoms with Crippen LogP contribution in [0.1, 0.15) is 73.9 Å². The predicted octanol–water partition coefficient (Wildman–Crippen LogP) is 3.58. The molecule has 3 heterocycles. The standard InChI is InChI=1S/C24H29FN4O4/c1-3-24(12-32-13-24)23(31)26-18-6-4-5-7-19(18)29-11-16-9-8-15(10-17(16)22(29)30)21-28-27-20(33-21)14(2)25/h8-10,14,18-19H,3-7,11-13H2,1-2H3,(H,26,31)/t14?,18-,19?/m1/s1. The van der Waals surface area contributed by atoms with Gasteiger partial charge in [-0.1, -0.05) is 25.8 Å². The third-order valence-corrected chi connectivity index (χ3v) is 7.33. The average molecular weight is 457 g/mol. The molecule has 1 aliphatic carbocycles. The van der Waals surface area contributed by atoms with Gasteiger partial charge in [-0.05, 0) is 43.9 Å². The summed E-state index contributed by atoms with van der Waals surface area (Å²) in [5.74, 6) is 0.0857. The highest BCUT2D eigenvalue weighted by Crippen LogP contribution is 2.36. The van der Waals surface area contributed by atoms with E-state index in [0.29, 0.717) is 30.9 Å². The van der Waals surface area contributed by atoms with Crippen molar-refractivity contribution in [2.75, 3.05) is 13.2 Å². The summed E-state index contributed by atoms with van der Waals surface area (Å²) in [6, 6.07) is 5.32. The molecule has 1 N–H and O–H groups in total. The minimum absolute atomic E-state index is 0.0360. The van der Waals surface area contributed by atoms with Gasteiger partial charge < -0.3 is 19.4 Å². The average Bonchev–Trinajstić information content (AvgIpc) is 3.39. The molecule has 2 unspecified atom stereocenters. The first kappa shape index (κ1) is 22.0. The first-order valence-corrected chi connectivity index (χ1v) is 11.7. The van der Waals surface area contributed by atoms with E-state index in [-0.39, 0.29) is 35.7 Å². The van der Waals surface area contributed by atoms with Crippen molar-refractivity contribution in [2.24, 2.45) is 5.41 Å². The number of nitrogens with zero attached hydrogens (tertiary/aromatic N) is 3. The number of ether oxygens (including phenoxy) is 1. The van der Waals surface area contributed by atoms with Crippen LogP contribution < -0.4 is 5.32 Å². The molecule has 2 aromatic rings. The fourth-order valence-corrected chi connectivity index (χ4v) is 5.05. The minimum atomic E-state index is -1.35. The van der Waals surface area contributed by atoms with Crippen molar-refractivity contribution in [3.8, 4) is 11.5 Å². The van der Waals surface area contributed by atoms with E-state index in [0.717, 1.165) is 37.7 Å². The van der Waals surface area contributed by atoms with Crippen molar-refractivity contribution >= 4 is 11.8 Å². The quantitative estimate of drug-likeness (QED) is 0.714. The Morgan fingerprint density at radius 3 is 2.76 bits per heavy atom. The summed E-state index contributed by atoms with van der Waals surface area (Å²) in [5, 5.41) is 10.9. The first-order chi connectivity index (χ1) is 15.9. The van der Waals surface area contributed by atoms with Gasteiger partial charge in [-0.3, -0.25) is 9.59 Å². The highest BCUT2D eigenvalue weighted by atomic mass is 19.1. The zero-order valence-corrected chi connectivity index (χ0v) is 19.0. The Morgan fingerprint density at radius 1 is 1.30 bits per heavy atom. The molecule has 1 aromatic carbocycles. The summed E-state index contributed by atoms with van der Waals surface area (Å²) < 4.78 is 24.2. The second-order valence-corrected chi connectivity index (χ2v) is 9.42. The Balaban J connectivity index is 1.35. The normalized spacial score (nSPS) is 24.8. The molecule has 8 nitrogen and oxygen atoms in total. The summed E-state index contributed by atoms with van der Waals surface area (Å²) in [5.41, 5.74) is 1.67. The van der Waals surface area contributed by atoms with Crippen LogP contribution in [-0.2, 0) is 16.1 Å². The molecule has 0 bridgehead atoms. The van der Waals surface area contributed by atoms with Crippen LogP contribution in [0.2, 0.25) is 0 Å². The first-order valence-electron chi connectivity index (χ1n) is 11.7. The zero-order valence-electron chi connectivity index (χ0n) is 19.0. The maximum Gasteiger partial charge on any atom is 0.254 e. The van der Waals surface area contributed by atoms with Gasteiger partial charge in [0.25, 0.3) is 11.8 Å². The van der Waals surface area contributed by atoms with Crippen LogP contribution in [0.4, 0.5) is 4.39 Å². The summed E-state index contributed by atoms with van der Waals surface area (Å²) in [4.78, 5) is 28.3. The molecule has 0 radical (unpaired) electrons. The summed E-state index contributed by atoms with van der Waals surface area (Å²) >= 11 is 0. The molecule has 9 heteroatoms. The van der Waals surface area contributed by atoms with Crippen molar-refractivity contribution in [2.45, 2.75) is 70.8 Å². The molecule has 2 amide bonds. The van der Waals surface area contributed by atoms with Crippen LogP contribution in [0.3, 0.4) is 0 Å². The molecule has 1 saturated carbocycles. The highest BCUT2D eigenvalue weighted by Gasteiger charge is 2.46. The van der Waals surface area contributed by atoms with Crippen molar-refractivity contribution < 1.29 is 23.1 Å². The smallest absolute Gasteiger partial charge is 0.254 e. The highest BCUT2D eigenvalue weighted by molar-refractivity contribution is 5.99. The van der Waals surface area contributed by atoms with Gasteiger partial charge in [0.2, 0.25) is 11.8 Å². The molecule has 2 fully saturated rings. The Hall–Kier alpha value is -2.81. The van der Waals surface area contributed by atoms with E-state index in [1.807, 2.05) is 24.0 Å². The number of hydrogen-bond acceptors (Lipinski definition) is 6. The Kier molecular flexibility index (Phi) is 5.68. The number of hydrogen-bond donors (Lipinski definition) is 1. The molecule has 33 heavy (non-hydrogen) atoms. The lowest BCUT2D eigenvalue weighted by molar-refractivity contribution is -0.163. The monoisotopic (exact) mass is 456 g/mol. The van der Waals surface area contributed by atoms with E-state index in [2.05, 4.69) is 15.5 Å². The van der Waals surface area contributed by atoms with E-state index in [1.165, 1.54) is 6.92 Å². The van der Waals surface area contributed by atoms with Crippen LogP contribution in [0.15, 0.2) is 22.6 Å². The number of benzene rings is 1. The number of amides is 2. The second kappa shape index (κ2) is 8.52. The van der Waals surface area contributed by atoms with Crippen LogP contribution in [0, 0.1) is 5.41 Å². The number of halogens is 1. The van der Waals surface area contributed by atoms with Crippen molar-refractivity contribution in [3.63, 3.8) is 0 Å². The molecule has 3 aliphatic rings. The van der Waals surface area contributed by atoms with Gasteiger partial charge in [-0.2, -0.15) is 0 Å². The van der Waals surface area contributed by atoms with Gasteiger partial charge in [-0.15, -0.1) is 10.2 Å². The van der Waals surface area contributed by atoms with Crippen LogP contribution in [0.25, 0.3) is 11.5 Å². The Labute approximate surface area is 191 Å². The van der Waals surface area contributed by atoms with Gasteiger partial charge >= 0.3 is 0 Å². The molecule has 1 aromatic heterocycles. The van der Waals surface area contributed by atoms with E-state index in [9.17, 15) is 14.0 Å². The predicted molar refractivity (Wildman–Crippen MR) is 117 cm³/mol. The second-order valence-electron chi connectivity index (χ2n) is 9.42. The van der Waals surface area contributed by atoms with Gasteiger partial charge in [0, 0.05) is 23.7 Å². The topological polar surface area (TPSA) is 97.6 Å². The lowest BCUT2D eigenvalue weighted by Crippen LogP contribution is -2.60. The third kappa shape index (κ3) is 3.82. The van der Waals surface area contributed by atoms with Crippen molar-refractivity contribution in [3.05, 3.63) is 35.2 Å². The Morgan fingerprint density at radius 2 is 2.09 bits per heavy atom. The maximum atomic E-state index is 13.5. The summed E-state index contributed by atoms with van der Waals surface area (Å²) in [7, 11) is 0. The number of carbonyl (C=O) groups excluding carboxylic acids is 2. The fraction of sp³-hybridized carbons (Fsp3) is 0.583. The number of nitrogens with one attached hydrogen (secondary N) is 1. The van der Waals surface area contributed by atoms with Gasteiger partial charge in [0.15, 0.2) is 6.17 Å². The lowest BCUT2D eigenvalue weighted by atomic mass is 9.81. The molecule has 5 rings (SSSR count). The lowest BCUT2D eigenvalue weighted by Gasteiger charge is -2.43. The van der Waals surface area contributed by atoms with Gasteiger partial charge in [0.05, 0.1) is 24.7 Å². The van der Waals surface area contributed by atoms with E-state index >= 15 is 0 Å². The summed E-state index contributed by atoms with van der Waals surface area (Å²) in [6.07, 6.45) is 3.16. The maximum absolute atomic E-state index is 13.5. The summed E-state index contributed by atoms with van der Waals surface area (Å²) in [6.45, 7) is 4.77. The number of fused-ring (bicyclic) bond motifs is 1. The van der Waals surface area contributed by atoms with Crippen molar-refractivity contribution in [1.82, 2.24) is 20.4 Å². The molecule has 176 valence electrons. The Bertz CT molecular complexity index is 1060. The molecular formula is C24H29FN4O4. The van der Waals surface area contributed by atoms with E-state index < -0.39 is 11.6 Å². The molecule has 0 spiro atoms. The van der Waals surface area contributed by atoms with E-state index in [1.54, 1.807) is 6.07 Å².